The Balaban J connectivity index is 1.41. The van der Waals surface area contributed by atoms with E-state index in [0.29, 0.717) is 6.04 Å². The lowest BCUT2D eigenvalue weighted by Gasteiger charge is -2.24. The van der Waals surface area contributed by atoms with Gasteiger partial charge in [0, 0.05) is 6.54 Å². The van der Waals surface area contributed by atoms with Crippen LogP contribution in [-0.4, -0.2) is 34.1 Å². The van der Waals surface area contributed by atoms with Crippen molar-refractivity contribution in [3.05, 3.63) is 59.4 Å². The van der Waals surface area contributed by atoms with Crippen LogP contribution in [0, 0.1) is 13.8 Å². The molecular weight excluding hydrogens is 358 g/mol. The summed E-state index contributed by atoms with van der Waals surface area (Å²) < 4.78 is 8.49. The summed E-state index contributed by atoms with van der Waals surface area (Å²) in [6.45, 7) is 10.7. The van der Waals surface area contributed by atoms with Gasteiger partial charge in [-0.15, -0.1) is 0 Å². The fourth-order valence-electron chi connectivity index (χ4n) is 4.36. The van der Waals surface area contributed by atoms with Crippen LogP contribution in [0.15, 0.2) is 42.5 Å². The first kappa shape index (κ1) is 20.0. The molecule has 0 spiro atoms. The molecule has 4 rings (SSSR count). The Kier molecular flexibility index (Phi) is 6.19. The molecule has 0 bridgehead atoms. The SMILES string of the molecule is Cc1ccc(C)c(OCCCCn2c(C(C)N3CCCC3)nc3ccccc32)c1. The minimum Gasteiger partial charge on any atom is -0.493 e. The molecular formula is C25H33N3O. The van der Waals surface area contributed by atoms with E-state index in [-0.39, 0.29) is 0 Å². The first-order valence-electron chi connectivity index (χ1n) is 11.0. The lowest BCUT2D eigenvalue weighted by Crippen LogP contribution is -2.26. The van der Waals surface area contributed by atoms with Gasteiger partial charge in [0.25, 0.3) is 0 Å². The standard InChI is InChI=1S/C25H33N3O/c1-19-12-13-20(2)24(18-19)29-17-9-8-16-28-23-11-5-4-10-22(23)26-25(28)21(3)27-14-6-7-15-27/h4-5,10-13,18,21H,6-9,14-17H2,1-3H3. The second-order valence-electron chi connectivity index (χ2n) is 8.35. The van der Waals surface area contributed by atoms with Crippen molar-refractivity contribution in [1.82, 2.24) is 14.5 Å². The maximum atomic E-state index is 6.05. The number of likely N-dealkylation sites (tertiary alicyclic amines) is 1. The molecule has 154 valence electrons. The van der Waals surface area contributed by atoms with Gasteiger partial charge in [-0.3, -0.25) is 4.90 Å². The quantitative estimate of drug-likeness (QED) is 0.464. The molecule has 1 aromatic heterocycles. The van der Waals surface area contributed by atoms with E-state index in [1.54, 1.807) is 0 Å². The van der Waals surface area contributed by atoms with Crippen molar-refractivity contribution in [3.8, 4) is 5.75 Å². The van der Waals surface area contributed by atoms with Gasteiger partial charge in [0.15, 0.2) is 0 Å². The summed E-state index contributed by atoms with van der Waals surface area (Å²) in [5.41, 5.74) is 4.82. The van der Waals surface area contributed by atoms with Crippen LogP contribution in [-0.2, 0) is 6.54 Å². The molecule has 0 N–H and O–H groups in total. The van der Waals surface area contributed by atoms with Crippen LogP contribution >= 0.6 is 0 Å². The molecule has 1 fully saturated rings. The van der Waals surface area contributed by atoms with Gasteiger partial charge >= 0.3 is 0 Å². The summed E-state index contributed by atoms with van der Waals surface area (Å²) in [6, 6.07) is 15.3. The third-order valence-corrected chi connectivity index (χ3v) is 6.12. The number of hydrogen-bond acceptors (Lipinski definition) is 3. The number of imidazole rings is 1. The summed E-state index contributed by atoms with van der Waals surface area (Å²) in [7, 11) is 0. The highest BCUT2D eigenvalue weighted by atomic mass is 16.5. The molecule has 1 aliphatic rings. The Morgan fingerprint density at radius 1 is 1.03 bits per heavy atom. The molecule has 3 aromatic rings. The number of unbranched alkanes of at least 4 members (excludes halogenated alkanes) is 1. The van der Waals surface area contributed by atoms with Gasteiger partial charge in [-0.1, -0.05) is 24.3 Å². The molecule has 0 saturated carbocycles. The van der Waals surface area contributed by atoms with Crippen molar-refractivity contribution in [3.63, 3.8) is 0 Å². The monoisotopic (exact) mass is 391 g/mol. The highest BCUT2D eigenvalue weighted by Gasteiger charge is 2.24. The smallest absolute Gasteiger partial charge is 0.127 e. The summed E-state index contributed by atoms with van der Waals surface area (Å²) in [4.78, 5) is 7.59. The number of rotatable bonds is 8. The highest BCUT2D eigenvalue weighted by molar-refractivity contribution is 5.76. The minimum absolute atomic E-state index is 0.371. The van der Waals surface area contributed by atoms with Crippen LogP contribution in [0.3, 0.4) is 0 Å². The van der Waals surface area contributed by atoms with Crippen molar-refractivity contribution < 1.29 is 4.74 Å². The van der Waals surface area contributed by atoms with Crippen LogP contribution in [0.25, 0.3) is 11.0 Å². The van der Waals surface area contributed by atoms with Crippen molar-refractivity contribution >= 4 is 11.0 Å². The molecule has 1 aliphatic heterocycles. The Morgan fingerprint density at radius 2 is 1.83 bits per heavy atom. The van der Waals surface area contributed by atoms with Crippen molar-refractivity contribution in [2.45, 2.75) is 59.0 Å². The number of fused-ring (bicyclic) bond motifs is 1. The van der Waals surface area contributed by atoms with Crippen LogP contribution < -0.4 is 4.74 Å². The number of hydrogen-bond donors (Lipinski definition) is 0. The summed E-state index contributed by atoms with van der Waals surface area (Å²) in [5.74, 6) is 2.23. The van der Waals surface area contributed by atoms with Crippen LogP contribution in [0.4, 0.5) is 0 Å². The van der Waals surface area contributed by atoms with Crippen LogP contribution in [0.1, 0.15) is 55.6 Å². The molecule has 4 heteroatoms. The van der Waals surface area contributed by atoms with Gasteiger partial charge < -0.3 is 9.30 Å². The predicted molar refractivity (Wildman–Crippen MR) is 120 cm³/mol. The van der Waals surface area contributed by atoms with E-state index in [2.05, 4.69) is 72.7 Å². The van der Waals surface area contributed by atoms with Gasteiger partial charge in [-0.2, -0.15) is 0 Å². The van der Waals surface area contributed by atoms with Gasteiger partial charge in [-0.25, -0.2) is 4.98 Å². The minimum atomic E-state index is 0.371. The molecule has 29 heavy (non-hydrogen) atoms. The average molecular weight is 392 g/mol. The highest BCUT2D eigenvalue weighted by Crippen LogP contribution is 2.28. The number of nitrogens with zero attached hydrogens (tertiary/aromatic N) is 3. The fraction of sp³-hybridized carbons (Fsp3) is 0.480. The summed E-state index contributed by atoms with van der Waals surface area (Å²) in [6.07, 6.45) is 4.74. The van der Waals surface area contributed by atoms with Crippen molar-refractivity contribution in [2.75, 3.05) is 19.7 Å². The Labute approximate surface area is 174 Å². The van der Waals surface area contributed by atoms with Crippen LogP contribution in [0.5, 0.6) is 5.75 Å². The van der Waals surface area contributed by atoms with Gasteiger partial charge in [0.05, 0.1) is 23.7 Å². The van der Waals surface area contributed by atoms with E-state index in [1.807, 2.05) is 0 Å². The maximum absolute atomic E-state index is 6.05. The van der Waals surface area contributed by atoms with Gasteiger partial charge in [0.1, 0.15) is 11.6 Å². The Morgan fingerprint density at radius 3 is 2.66 bits per heavy atom. The average Bonchev–Trinajstić information content (AvgIpc) is 3.38. The van der Waals surface area contributed by atoms with E-state index >= 15 is 0 Å². The number of aromatic nitrogens is 2. The predicted octanol–water partition coefficient (Wildman–Crippen LogP) is 5.67. The van der Waals surface area contributed by atoms with Crippen LogP contribution in [0.2, 0.25) is 0 Å². The fourth-order valence-corrected chi connectivity index (χ4v) is 4.36. The lowest BCUT2D eigenvalue weighted by atomic mass is 10.1. The topological polar surface area (TPSA) is 30.3 Å². The van der Waals surface area contributed by atoms with E-state index in [4.69, 9.17) is 9.72 Å². The molecule has 2 heterocycles. The molecule has 1 unspecified atom stereocenters. The largest absolute Gasteiger partial charge is 0.493 e. The first-order chi connectivity index (χ1) is 14.1. The molecule has 0 radical (unpaired) electrons. The zero-order valence-corrected chi connectivity index (χ0v) is 18.0. The first-order valence-corrected chi connectivity index (χ1v) is 11.0. The molecule has 0 amide bonds. The third kappa shape index (κ3) is 4.48. The van der Waals surface area contributed by atoms with E-state index in [0.717, 1.165) is 37.3 Å². The Hall–Kier alpha value is -2.33. The zero-order chi connectivity index (χ0) is 20.2. The second kappa shape index (κ2) is 9.00. The molecule has 1 atom stereocenters. The lowest BCUT2D eigenvalue weighted by molar-refractivity contribution is 0.247. The van der Waals surface area contributed by atoms with E-state index in [9.17, 15) is 0 Å². The van der Waals surface area contributed by atoms with Gasteiger partial charge in [-0.05, 0) is 88.9 Å². The van der Waals surface area contributed by atoms with E-state index < -0.39 is 0 Å². The van der Waals surface area contributed by atoms with Gasteiger partial charge in [0.2, 0.25) is 0 Å². The molecule has 2 aromatic carbocycles. The summed E-state index contributed by atoms with van der Waals surface area (Å²) in [5, 5.41) is 0. The molecule has 1 saturated heterocycles. The molecule has 4 nitrogen and oxygen atoms in total. The molecule has 0 aliphatic carbocycles. The summed E-state index contributed by atoms with van der Waals surface area (Å²) >= 11 is 0. The van der Waals surface area contributed by atoms with E-state index in [1.165, 1.54) is 48.4 Å². The van der Waals surface area contributed by atoms with Crippen molar-refractivity contribution in [2.24, 2.45) is 0 Å². The Bertz CT molecular complexity index is 956. The zero-order valence-electron chi connectivity index (χ0n) is 18.0. The number of ether oxygens (including phenoxy) is 1. The number of aryl methyl sites for hydroxylation is 3. The second-order valence-corrected chi connectivity index (χ2v) is 8.35. The maximum Gasteiger partial charge on any atom is 0.127 e. The normalized spacial score (nSPS) is 15.8. The third-order valence-electron chi connectivity index (χ3n) is 6.12. The number of para-hydroxylation sites is 2. The number of benzene rings is 2. The van der Waals surface area contributed by atoms with Crippen molar-refractivity contribution in [1.29, 1.82) is 0 Å².